The third-order valence-electron chi connectivity index (χ3n) is 4.47. The molecule has 1 atom stereocenters. The molecule has 1 aliphatic heterocycles. The van der Waals surface area contributed by atoms with E-state index in [9.17, 15) is 0 Å². The highest BCUT2D eigenvalue weighted by Gasteiger charge is 2.23. The Morgan fingerprint density at radius 2 is 1.86 bits per heavy atom. The van der Waals surface area contributed by atoms with Gasteiger partial charge < -0.3 is 5.32 Å². The third kappa shape index (κ3) is 3.63. The Hall–Kier alpha value is -1.94. The fourth-order valence-corrected chi connectivity index (χ4v) is 3.12. The summed E-state index contributed by atoms with van der Waals surface area (Å²) in [7, 11) is 0. The van der Waals surface area contributed by atoms with Crippen molar-refractivity contribution in [3.63, 3.8) is 0 Å². The molecule has 22 heavy (non-hydrogen) atoms. The summed E-state index contributed by atoms with van der Waals surface area (Å²) in [4.78, 5) is 11.2. The maximum atomic E-state index is 4.48. The van der Waals surface area contributed by atoms with Crippen molar-refractivity contribution in [1.82, 2.24) is 14.9 Å². The lowest BCUT2D eigenvalue weighted by Crippen LogP contribution is -2.40. The molecule has 0 bridgehead atoms. The first-order chi connectivity index (χ1) is 10.7. The molecule has 1 aliphatic rings. The fourth-order valence-electron chi connectivity index (χ4n) is 3.12. The first kappa shape index (κ1) is 15.0. The van der Waals surface area contributed by atoms with Gasteiger partial charge in [-0.3, -0.25) is 9.88 Å². The molecule has 1 N–H and O–H groups in total. The standard InChI is InChI=1S/C18H24N4/c1-14-12-19-13-18(20-14)21-17-8-10-22(11-9-17)15(2)16-6-4-3-5-7-16/h3-7,12-13,15,17H,8-11H2,1-2H3,(H,20,21). The quantitative estimate of drug-likeness (QED) is 0.938. The van der Waals surface area contributed by atoms with Gasteiger partial charge in [0.25, 0.3) is 0 Å². The molecule has 1 aromatic carbocycles. The second kappa shape index (κ2) is 6.88. The van der Waals surface area contributed by atoms with Crippen LogP contribution in [0.5, 0.6) is 0 Å². The molecule has 1 aromatic heterocycles. The van der Waals surface area contributed by atoms with E-state index in [0.717, 1.165) is 37.4 Å². The van der Waals surface area contributed by atoms with Crippen LogP contribution in [0.2, 0.25) is 0 Å². The Labute approximate surface area is 132 Å². The zero-order chi connectivity index (χ0) is 15.4. The predicted molar refractivity (Wildman–Crippen MR) is 89.8 cm³/mol. The summed E-state index contributed by atoms with van der Waals surface area (Å²) >= 11 is 0. The maximum absolute atomic E-state index is 4.48. The minimum absolute atomic E-state index is 0.487. The fraction of sp³-hybridized carbons (Fsp3) is 0.444. The van der Waals surface area contributed by atoms with Gasteiger partial charge in [-0.1, -0.05) is 30.3 Å². The first-order valence-electron chi connectivity index (χ1n) is 8.06. The molecule has 4 heteroatoms. The SMILES string of the molecule is Cc1cncc(NC2CCN(C(C)c3ccccc3)CC2)n1. The number of anilines is 1. The molecule has 3 rings (SSSR count). The minimum atomic E-state index is 0.487. The Morgan fingerprint density at radius 1 is 1.14 bits per heavy atom. The average Bonchev–Trinajstić information content (AvgIpc) is 2.56. The lowest BCUT2D eigenvalue weighted by atomic mass is 10.0. The van der Waals surface area contributed by atoms with E-state index >= 15 is 0 Å². The number of benzene rings is 1. The van der Waals surface area contributed by atoms with Crippen LogP contribution in [-0.4, -0.2) is 34.0 Å². The molecule has 4 nitrogen and oxygen atoms in total. The molecule has 116 valence electrons. The molecular formula is C18H24N4. The van der Waals surface area contributed by atoms with Crippen LogP contribution in [0.15, 0.2) is 42.7 Å². The summed E-state index contributed by atoms with van der Waals surface area (Å²) in [5.74, 6) is 0.898. The van der Waals surface area contributed by atoms with Crippen LogP contribution < -0.4 is 5.32 Å². The van der Waals surface area contributed by atoms with Crippen molar-refractivity contribution in [1.29, 1.82) is 0 Å². The lowest BCUT2D eigenvalue weighted by molar-refractivity contribution is 0.167. The van der Waals surface area contributed by atoms with Crippen LogP contribution in [0.1, 0.15) is 37.1 Å². The highest BCUT2D eigenvalue weighted by atomic mass is 15.2. The van der Waals surface area contributed by atoms with Gasteiger partial charge >= 0.3 is 0 Å². The van der Waals surface area contributed by atoms with E-state index in [-0.39, 0.29) is 0 Å². The van der Waals surface area contributed by atoms with E-state index < -0.39 is 0 Å². The van der Waals surface area contributed by atoms with Crippen molar-refractivity contribution in [2.24, 2.45) is 0 Å². The molecule has 1 fully saturated rings. The van der Waals surface area contributed by atoms with Crippen molar-refractivity contribution in [2.45, 2.75) is 38.8 Å². The van der Waals surface area contributed by atoms with Crippen LogP contribution in [0.4, 0.5) is 5.82 Å². The van der Waals surface area contributed by atoms with Gasteiger partial charge in [-0.25, -0.2) is 4.98 Å². The summed E-state index contributed by atoms with van der Waals surface area (Å²) < 4.78 is 0. The molecule has 0 spiro atoms. The van der Waals surface area contributed by atoms with Crippen molar-refractivity contribution >= 4 is 5.82 Å². The first-order valence-corrected chi connectivity index (χ1v) is 8.06. The van der Waals surface area contributed by atoms with Crippen LogP contribution in [0, 0.1) is 6.92 Å². The molecule has 1 saturated heterocycles. The number of nitrogens with zero attached hydrogens (tertiary/aromatic N) is 3. The number of aromatic nitrogens is 2. The van der Waals surface area contributed by atoms with Crippen molar-refractivity contribution in [3.8, 4) is 0 Å². The number of hydrogen-bond acceptors (Lipinski definition) is 4. The number of likely N-dealkylation sites (tertiary alicyclic amines) is 1. The van der Waals surface area contributed by atoms with E-state index in [1.807, 2.05) is 13.1 Å². The molecule has 2 aromatic rings. The smallest absolute Gasteiger partial charge is 0.145 e. The summed E-state index contributed by atoms with van der Waals surface area (Å²) in [6.07, 6.45) is 5.89. The van der Waals surface area contributed by atoms with Crippen molar-refractivity contribution in [3.05, 3.63) is 54.0 Å². The summed E-state index contributed by atoms with van der Waals surface area (Å²) in [5, 5.41) is 3.52. The van der Waals surface area contributed by atoms with Crippen molar-refractivity contribution < 1.29 is 0 Å². The van der Waals surface area contributed by atoms with Gasteiger partial charge in [-0.15, -0.1) is 0 Å². The lowest BCUT2D eigenvalue weighted by Gasteiger charge is -2.36. The Bertz CT molecular complexity index is 591. The number of piperidine rings is 1. The van der Waals surface area contributed by atoms with E-state index in [1.165, 1.54) is 5.56 Å². The van der Waals surface area contributed by atoms with Gasteiger partial charge in [-0.2, -0.15) is 0 Å². The largest absolute Gasteiger partial charge is 0.366 e. The summed E-state index contributed by atoms with van der Waals surface area (Å²) in [6, 6.07) is 11.7. The Morgan fingerprint density at radius 3 is 2.55 bits per heavy atom. The molecule has 0 amide bonds. The van der Waals surface area contributed by atoms with E-state index in [0.29, 0.717) is 12.1 Å². The zero-order valence-corrected chi connectivity index (χ0v) is 13.4. The Kier molecular flexibility index (Phi) is 4.68. The summed E-state index contributed by atoms with van der Waals surface area (Å²) in [6.45, 7) is 6.51. The number of aryl methyl sites for hydroxylation is 1. The van der Waals surface area contributed by atoms with E-state index in [1.54, 1.807) is 6.20 Å². The van der Waals surface area contributed by atoms with Gasteiger partial charge in [0.1, 0.15) is 5.82 Å². The van der Waals surface area contributed by atoms with Gasteiger partial charge in [0.2, 0.25) is 0 Å². The second-order valence-corrected chi connectivity index (χ2v) is 6.09. The molecule has 0 saturated carbocycles. The Balaban J connectivity index is 1.54. The molecule has 1 unspecified atom stereocenters. The van der Waals surface area contributed by atoms with E-state index in [4.69, 9.17) is 0 Å². The molecule has 0 aliphatic carbocycles. The highest BCUT2D eigenvalue weighted by Crippen LogP contribution is 2.24. The van der Waals surface area contributed by atoms with Crippen LogP contribution in [-0.2, 0) is 0 Å². The van der Waals surface area contributed by atoms with Gasteiger partial charge in [0.05, 0.1) is 11.9 Å². The predicted octanol–water partition coefficient (Wildman–Crippen LogP) is 3.42. The maximum Gasteiger partial charge on any atom is 0.145 e. The van der Waals surface area contributed by atoms with Gasteiger partial charge in [0, 0.05) is 31.4 Å². The van der Waals surface area contributed by atoms with Gasteiger partial charge in [0.15, 0.2) is 0 Å². The van der Waals surface area contributed by atoms with Crippen LogP contribution >= 0.6 is 0 Å². The molecule has 2 heterocycles. The summed E-state index contributed by atoms with van der Waals surface area (Å²) in [5.41, 5.74) is 2.36. The average molecular weight is 296 g/mol. The van der Waals surface area contributed by atoms with Crippen LogP contribution in [0.25, 0.3) is 0 Å². The second-order valence-electron chi connectivity index (χ2n) is 6.09. The topological polar surface area (TPSA) is 41.1 Å². The zero-order valence-electron chi connectivity index (χ0n) is 13.4. The number of rotatable bonds is 4. The molecule has 0 radical (unpaired) electrons. The highest BCUT2D eigenvalue weighted by molar-refractivity contribution is 5.33. The van der Waals surface area contributed by atoms with Crippen molar-refractivity contribution in [2.75, 3.05) is 18.4 Å². The van der Waals surface area contributed by atoms with Gasteiger partial charge in [-0.05, 0) is 32.3 Å². The monoisotopic (exact) mass is 296 g/mol. The minimum Gasteiger partial charge on any atom is -0.366 e. The normalized spacial score (nSPS) is 18.1. The number of nitrogens with one attached hydrogen (secondary N) is 1. The molecular weight excluding hydrogens is 272 g/mol. The number of hydrogen-bond donors (Lipinski definition) is 1. The van der Waals surface area contributed by atoms with Crippen LogP contribution in [0.3, 0.4) is 0 Å². The van der Waals surface area contributed by atoms with E-state index in [2.05, 4.69) is 57.4 Å². The third-order valence-corrected chi connectivity index (χ3v) is 4.47.